The van der Waals surface area contributed by atoms with E-state index in [1.54, 1.807) is 11.8 Å². The summed E-state index contributed by atoms with van der Waals surface area (Å²) in [5.74, 6) is 0.105. The summed E-state index contributed by atoms with van der Waals surface area (Å²) >= 11 is 1.61. The molecule has 0 aliphatic carbocycles. The van der Waals surface area contributed by atoms with Crippen LogP contribution in [-0.4, -0.2) is 60.7 Å². The first-order valence-corrected chi connectivity index (χ1v) is 7.38. The molecule has 0 saturated carbocycles. The number of carboxylic acid groups (broad SMARTS) is 1. The fourth-order valence-electron chi connectivity index (χ4n) is 2.12. The summed E-state index contributed by atoms with van der Waals surface area (Å²) in [4.78, 5) is 34.6. The first-order valence-electron chi connectivity index (χ1n) is 6.23. The Hall–Kier alpha value is -2.10. The predicted octanol–water partition coefficient (Wildman–Crippen LogP) is 0.210. The van der Waals surface area contributed by atoms with Crippen LogP contribution in [0.2, 0.25) is 0 Å². The van der Waals surface area contributed by atoms with Gasteiger partial charge in [0.05, 0.1) is 17.4 Å². The summed E-state index contributed by atoms with van der Waals surface area (Å²) in [6.07, 6.45) is 2.16. The zero-order valence-corrected chi connectivity index (χ0v) is 11.9. The maximum absolute atomic E-state index is 12.2. The molecule has 10 heteroatoms. The topological polar surface area (TPSA) is 119 Å². The van der Waals surface area contributed by atoms with E-state index in [1.807, 2.05) is 0 Å². The number of carbonyl (C=O) groups is 2. The number of carboxylic acids is 1. The van der Waals surface area contributed by atoms with E-state index in [0.29, 0.717) is 12.3 Å². The molecule has 0 bridgehead atoms. The molecule has 1 aromatic rings. The van der Waals surface area contributed by atoms with Gasteiger partial charge >= 0.3 is 11.7 Å². The third-order valence-corrected chi connectivity index (χ3v) is 4.18. The first kappa shape index (κ1) is 15.3. The monoisotopic (exact) mass is 314 g/mol. The second-order valence-electron chi connectivity index (χ2n) is 4.57. The Morgan fingerprint density at radius 2 is 2.33 bits per heavy atom. The Bertz CT molecular complexity index is 561. The highest BCUT2D eigenvalue weighted by molar-refractivity contribution is 7.99. The number of hydrogen-bond acceptors (Lipinski definition) is 6. The van der Waals surface area contributed by atoms with Crippen molar-refractivity contribution in [3.05, 3.63) is 22.5 Å². The van der Waals surface area contributed by atoms with Gasteiger partial charge in [-0.15, -0.1) is 0 Å². The van der Waals surface area contributed by atoms with Gasteiger partial charge in [0.25, 0.3) is 0 Å². The average molecular weight is 314 g/mol. The lowest BCUT2D eigenvalue weighted by molar-refractivity contribution is -0.385. The summed E-state index contributed by atoms with van der Waals surface area (Å²) in [7, 11) is 0. The predicted molar refractivity (Wildman–Crippen MR) is 74.0 cm³/mol. The maximum Gasteiger partial charge on any atom is 0.307 e. The molecule has 0 radical (unpaired) electrons. The van der Waals surface area contributed by atoms with Crippen LogP contribution in [0.3, 0.4) is 0 Å². The second-order valence-corrected chi connectivity index (χ2v) is 5.72. The van der Waals surface area contributed by atoms with Gasteiger partial charge in [0.2, 0.25) is 5.91 Å². The molecule has 1 fully saturated rings. The molecule has 114 valence electrons. The Labute approximate surface area is 124 Å². The van der Waals surface area contributed by atoms with E-state index >= 15 is 0 Å². The van der Waals surface area contributed by atoms with Crippen molar-refractivity contribution in [3.8, 4) is 0 Å². The molecule has 2 heterocycles. The van der Waals surface area contributed by atoms with Crippen LogP contribution in [0.25, 0.3) is 0 Å². The van der Waals surface area contributed by atoms with Crippen molar-refractivity contribution in [1.29, 1.82) is 0 Å². The zero-order valence-electron chi connectivity index (χ0n) is 11.0. The number of nitro groups is 1. The van der Waals surface area contributed by atoms with E-state index in [4.69, 9.17) is 5.11 Å². The highest BCUT2D eigenvalue weighted by Crippen LogP contribution is 2.19. The lowest BCUT2D eigenvalue weighted by atomic mass is 10.2. The van der Waals surface area contributed by atoms with Gasteiger partial charge in [0, 0.05) is 18.1 Å². The van der Waals surface area contributed by atoms with E-state index in [-0.39, 0.29) is 30.6 Å². The van der Waals surface area contributed by atoms with Crippen LogP contribution < -0.4 is 0 Å². The number of hydrogen-bond donors (Lipinski definition) is 1. The number of nitrogens with zero attached hydrogens (tertiary/aromatic N) is 4. The molecular weight excluding hydrogens is 300 g/mol. The van der Waals surface area contributed by atoms with E-state index in [0.717, 1.165) is 11.9 Å². The molecule has 0 spiro atoms. The van der Waals surface area contributed by atoms with Crippen LogP contribution in [0.5, 0.6) is 0 Å². The minimum Gasteiger partial charge on any atom is -0.481 e. The normalized spacial score (nSPS) is 18.5. The maximum atomic E-state index is 12.2. The lowest BCUT2D eigenvalue weighted by Gasteiger charge is -2.34. The van der Waals surface area contributed by atoms with Gasteiger partial charge in [-0.25, -0.2) is 0 Å². The van der Waals surface area contributed by atoms with E-state index < -0.39 is 10.9 Å². The number of aromatic nitrogens is 2. The highest BCUT2D eigenvalue weighted by atomic mass is 32.2. The molecular formula is C11H14N4O5S. The summed E-state index contributed by atoms with van der Waals surface area (Å²) in [5.41, 5.74) is -0.181. The molecule has 0 aromatic carbocycles. The Kier molecular flexibility index (Phi) is 4.78. The molecule has 9 nitrogen and oxygen atoms in total. The standard InChI is InChI=1S/C11H14N4O5S/c16-10(6-13-5-9(4-12-13)15(19)20)14-1-2-21-7-8(14)3-11(17)18/h4-5,8H,1-3,6-7H2,(H,17,18). The van der Waals surface area contributed by atoms with Gasteiger partial charge in [-0.2, -0.15) is 16.9 Å². The van der Waals surface area contributed by atoms with Crippen LogP contribution >= 0.6 is 11.8 Å². The van der Waals surface area contributed by atoms with Crippen LogP contribution in [0.1, 0.15) is 6.42 Å². The lowest BCUT2D eigenvalue weighted by Crippen LogP contribution is -2.48. The van der Waals surface area contributed by atoms with Crippen molar-refractivity contribution in [2.24, 2.45) is 0 Å². The second kappa shape index (κ2) is 6.57. The van der Waals surface area contributed by atoms with Gasteiger partial charge in [-0.3, -0.25) is 24.4 Å². The van der Waals surface area contributed by atoms with E-state index in [9.17, 15) is 19.7 Å². The van der Waals surface area contributed by atoms with E-state index in [2.05, 4.69) is 5.10 Å². The number of thioether (sulfide) groups is 1. The quantitative estimate of drug-likeness (QED) is 0.609. The molecule has 1 aliphatic rings. The zero-order chi connectivity index (χ0) is 15.4. The third kappa shape index (κ3) is 3.94. The van der Waals surface area contributed by atoms with Crippen molar-refractivity contribution >= 4 is 29.3 Å². The van der Waals surface area contributed by atoms with Crippen LogP contribution in [0.15, 0.2) is 12.4 Å². The summed E-state index contributed by atoms with van der Waals surface area (Å²) in [5, 5.41) is 23.2. The average Bonchev–Trinajstić information content (AvgIpc) is 2.87. The van der Waals surface area contributed by atoms with Gasteiger partial charge in [-0.1, -0.05) is 0 Å². The molecule has 1 N–H and O–H groups in total. The SMILES string of the molecule is O=C(O)CC1CSCCN1C(=O)Cn1cc([N+](=O)[O-])cn1. The fourth-order valence-corrected chi connectivity index (χ4v) is 3.18. The summed E-state index contributed by atoms with van der Waals surface area (Å²) in [6, 6.07) is -0.348. The molecule has 1 aromatic heterocycles. The van der Waals surface area contributed by atoms with Crippen molar-refractivity contribution in [3.63, 3.8) is 0 Å². The van der Waals surface area contributed by atoms with Crippen LogP contribution in [0.4, 0.5) is 5.69 Å². The van der Waals surface area contributed by atoms with Gasteiger partial charge in [0.1, 0.15) is 18.9 Å². The third-order valence-electron chi connectivity index (χ3n) is 3.09. The molecule has 21 heavy (non-hydrogen) atoms. The minimum atomic E-state index is -0.949. The van der Waals surface area contributed by atoms with Gasteiger partial charge in [0.15, 0.2) is 0 Å². The molecule has 1 amide bonds. The van der Waals surface area contributed by atoms with Gasteiger partial charge in [-0.05, 0) is 0 Å². The Morgan fingerprint density at radius 3 is 2.95 bits per heavy atom. The molecule has 2 rings (SSSR count). The van der Waals surface area contributed by atoms with Crippen molar-refractivity contribution in [1.82, 2.24) is 14.7 Å². The summed E-state index contributed by atoms with van der Waals surface area (Å²) < 4.78 is 1.19. The number of aliphatic carboxylic acids is 1. The van der Waals surface area contributed by atoms with E-state index in [1.165, 1.54) is 15.8 Å². The van der Waals surface area contributed by atoms with Crippen LogP contribution in [-0.2, 0) is 16.1 Å². The Morgan fingerprint density at radius 1 is 1.57 bits per heavy atom. The van der Waals surface area contributed by atoms with Crippen molar-refractivity contribution < 1.29 is 19.6 Å². The van der Waals surface area contributed by atoms with Crippen LogP contribution in [0, 0.1) is 10.1 Å². The fraction of sp³-hybridized carbons (Fsp3) is 0.545. The minimum absolute atomic E-state index is 0.0992. The molecule has 1 saturated heterocycles. The molecule has 1 unspecified atom stereocenters. The summed E-state index contributed by atoms with van der Waals surface area (Å²) in [6.45, 7) is 0.347. The number of rotatable bonds is 5. The van der Waals surface area contributed by atoms with Crippen molar-refractivity contribution in [2.45, 2.75) is 19.0 Å². The number of amides is 1. The smallest absolute Gasteiger partial charge is 0.307 e. The molecule has 1 aliphatic heterocycles. The highest BCUT2D eigenvalue weighted by Gasteiger charge is 2.29. The first-order chi connectivity index (χ1) is 9.97. The van der Waals surface area contributed by atoms with Gasteiger partial charge < -0.3 is 10.0 Å². The molecule has 1 atom stereocenters. The number of carbonyl (C=O) groups excluding carboxylic acids is 1. The Balaban J connectivity index is 2.02. The largest absolute Gasteiger partial charge is 0.481 e. The van der Waals surface area contributed by atoms with Crippen molar-refractivity contribution in [2.75, 3.05) is 18.1 Å².